The maximum atomic E-state index is 11.8. The van der Waals surface area contributed by atoms with E-state index >= 15 is 0 Å². The van der Waals surface area contributed by atoms with Gasteiger partial charge in [-0.2, -0.15) is 0 Å². The van der Waals surface area contributed by atoms with Crippen molar-refractivity contribution in [1.82, 2.24) is 10.2 Å². The summed E-state index contributed by atoms with van der Waals surface area (Å²) in [7, 11) is 0. The molecule has 1 aromatic carbocycles. The van der Waals surface area contributed by atoms with Crippen LogP contribution in [-0.4, -0.2) is 62.3 Å². The summed E-state index contributed by atoms with van der Waals surface area (Å²) in [6.07, 6.45) is 3.59. The van der Waals surface area contributed by atoms with E-state index in [-0.39, 0.29) is 36.0 Å². The van der Waals surface area contributed by atoms with Crippen molar-refractivity contribution in [1.29, 1.82) is 0 Å². The van der Waals surface area contributed by atoms with Crippen LogP contribution in [0.25, 0.3) is 0 Å². The van der Waals surface area contributed by atoms with E-state index in [0.717, 1.165) is 69.5 Å². The third-order valence-corrected chi connectivity index (χ3v) is 4.73. The number of carbonyl (C=O) groups is 1. The van der Waals surface area contributed by atoms with Gasteiger partial charge in [-0.3, -0.25) is 9.79 Å². The van der Waals surface area contributed by atoms with Gasteiger partial charge in [0.05, 0.1) is 6.10 Å². The van der Waals surface area contributed by atoms with Crippen molar-refractivity contribution in [3.05, 3.63) is 24.3 Å². The van der Waals surface area contributed by atoms with Crippen molar-refractivity contribution in [3.8, 4) is 5.75 Å². The number of nitrogens with one attached hydrogen (secondary N) is 2. The molecule has 0 atom stereocenters. The van der Waals surface area contributed by atoms with Crippen LogP contribution in [0.15, 0.2) is 29.3 Å². The summed E-state index contributed by atoms with van der Waals surface area (Å²) in [5.74, 6) is 2.42. The molecule has 0 radical (unpaired) electrons. The fraction of sp³-hybridized carbons (Fsp3) is 0.667. The van der Waals surface area contributed by atoms with Crippen LogP contribution in [0.5, 0.6) is 5.75 Å². The van der Waals surface area contributed by atoms with Gasteiger partial charge in [0, 0.05) is 51.5 Å². The minimum atomic E-state index is 0. The summed E-state index contributed by atoms with van der Waals surface area (Å²) in [4.78, 5) is 18.4. The molecule has 2 N–H and O–H groups in total. The Morgan fingerprint density at radius 2 is 1.91 bits per heavy atom. The number of carbonyl (C=O) groups excluding carboxylic acids is 1. The molecule has 0 unspecified atom stereocenters. The van der Waals surface area contributed by atoms with Gasteiger partial charge in [-0.1, -0.05) is 13.8 Å². The minimum Gasteiger partial charge on any atom is -0.491 e. The summed E-state index contributed by atoms with van der Waals surface area (Å²) in [5.41, 5.74) is 0.952. The molecule has 1 heterocycles. The first-order valence-corrected chi connectivity index (χ1v) is 11.6. The van der Waals surface area contributed by atoms with Gasteiger partial charge in [0.25, 0.3) is 0 Å². The second-order valence-corrected chi connectivity index (χ2v) is 8.63. The number of nitrogens with zero attached hydrogens (tertiary/aromatic N) is 2. The van der Waals surface area contributed by atoms with E-state index in [1.807, 2.05) is 43.0 Å². The predicted octanol–water partition coefficient (Wildman–Crippen LogP) is 4.52. The van der Waals surface area contributed by atoms with E-state index < -0.39 is 0 Å². The van der Waals surface area contributed by atoms with Gasteiger partial charge in [-0.25, -0.2) is 0 Å². The molecule has 1 aliphatic heterocycles. The fourth-order valence-electron chi connectivity index (χ4n) is 3.26. The number of benzene rings is 1. The first-order chi connectivity index (χ1) is 14.9. The number of aliphatic imine (C=N–C) groups is 1. The lowest BCUT2D eigenvalue weighted by Crippen LogP contribution is -2.32. The number of amides is 1. The molecule has 1 aromatic rings. The highest BCUT2D eigenvalue weighted by Gasteiger charge is 2.18. The van der Waals surface area contributed by atoms with E-state index in [0.29, 0.717) is 18.9 Å². The van der Waals surface area contributed by atoms with Crippen LogP contribution in [0.1, 0.15) is 53.4 Å². The molecular weight excluding hydrogens is 519 g/mol. The molecule has 8 heteroatoms. The van der Waals surface area contributed by atoms with E-state index in [1.165, 1.54) is 0 Å². The molecule has 7 nitrogen and oxygen atoms in total. The van der Waals surface area contributed by atoms with Gasteiger partial charge >= 0.3 is 0 Å². The SMILES string of the molecule is CC(C)COCCCNC(=NCCCN1CCCC1=O)Nc1ccc(OC(C)C)cc1.I. The number of hydrogen-bond donors (Lipinski definition) is 2. The van der Waals surface area contributed by atoms with Gasteiger partial charge in [-0.15, -0.1) is 24.0 Å². The Bertz CT molecular complexity index is 680. The summed E-state index contributed by atoms with van der Waals surface area (Å²) in [6.45, 7) is 13.0. The highest BCUT2D eigenvalue weighted by molar-refractivity contribution is 14.0. The third-order valence-electron chi connectivity index (χ3n) is 4.73. The fourth-order valence-corrected chi connectivity index (χ4v) is 3.26. The monoisotopic (exact) mass is 560 g/mol. The summed E-state index contributed by atoms with van der Waals surface area (Å²) in [6, 6.07) is 7.89. The van der Waals surface area contributed by atoms with Gasteiger partial charge < -0.3 is 25.0 Å². The lowest BCUT2D eigenvalue weighted by atomic mass is 10.2. The maximum absolute atomic E-state index is 11.8. The number of likely N-dealkylation sites (tertiary alicyclic amines) is 1. The van der Waals surface area contributed by atoms with Gasteiger partial charge in [0.15, 0.2) is 5.96 Å². The van der Waals surface area contributed by atoms with Crippen molar-refractivity contribution in [2.75, 3.05) is 44.7 Å². The third kappa shape index (κ3) is 11.9. The Balaban J connectivity index is 0.00000512. The topological polar surface area (TPSA) is 75.2 Å². The molecule has 2 rings (SSSR count). The number of ether oxygens (including phenoxy) is 2. The lowest BCUT2D eigenvalue weighted by Gasteiger charge is -2.16. The normalized spacial score (nSPS) is 14.1. The number of guanidine groups is 1. The van der Waals surface area contributed by atoms with Gasteiger partial charge in [0.2, 0.25) is 5.91 Å². The second-order valence-electron chi connectivity index (χ2n) is 8.63. The van der Waals surface area contributed by atoms with Gasteiger partial charge in [0.1, 0.15) is 5.75 Å². The molecule has 0 aliphatic carbocycles. The molecule has 0 saturated carbocycles. The largest absolute Gasteiger partial charge is 0.491 e. The van der Waals surface area contributed by atoms with Crippen LogP contribution in [0, 0.1) is 5.92 Å². The zero-order valence-corrected chi connectivity index (χ0v) is 22.4. The van der Waals surface area contributed by atoms with Crippen LogP contribution < -0.4 is 15.4 Å². The lowest BCUT2D eigenvalue weighted by molar-refractivity contribution is -0.127. The maximum Gasteiger partial charge on any atom is 0.222 e. The quantitative estimate of drug-likeness (QED) is 0.161. The van der Waals surface area contributed by atoms with E-state index in [2.05, 4.69) is 24.5 Å². The van der Waals surface area contributed by atoms with Crippen molar-refractivity contribution in [2.24, 2.45) is 10.9 Å². The molecule has 1 saturated heterocycles. The number of halogens is 1. The molecule has 1 amide bonds. The van der Waals surface area contributed by atoms with Crippen molar-refractivity contribution < 1.29 is 14.3 Å². The summed E-state index contributed by atoms with van der Waals surface area (Å²) < 4.78 is 11.4. The summed E-state index contributed by atoms with van der Waals surface area (Å²) in [5, 5.41) is 6.76. The standard InChI is InChI=1S/C24H40N4O3.HI/c1-19(2)18-30-17-7-14-26-24(25-13-6-16-28-15-5-8-23(28)29)27-21-9-11-22(12-10-21)31-20(3)4;/h9-12,19-20H,5-8,13-18H2,1-4H3,(H2,25,26,27);1H. The van der Waals surface area contributed by atoms with Crippen LogP contribution in [0.2, 0.25) is 0 Å². The van der Waals surface area contributed by atoms with Crippen molar-refractivity contribution in [3.63, 3.8) is 0 Å². The van der Waals surface area contributed by atoms with Crippen LogP contribution in [0.4, 0.5) is 5.69 Å². The Morgan fingerprint density at radius 3 is 2.53 bits per heavy atom. The van der Waals surface area contributed by atoms with E-state index in [9.17, 15) is 4.79 Å². The van der Waals surface area contributed by atoms with E-state index in [1.54, 1.807) is 0 Å². The average molecular weight is 561 g/mol. The Kier molecular flexibility index (Phi) is 14.4. The number of rotatable bonds is 13. The Labute approximate surface area is 210 Å². The highest BCUT2D eigenvalue weighted by atomic mass is 127. The second kappa shape index (κ2) is 16.1. The van der Waals surface area contributed by atoms with Crippen LogP contribution >= 0.6 is 24.0 Å². The summed E-state index contributed by atoms with van der Waals surface area (Å²) >= 11 is 0. The molecular formula is C24H41IN4O3. The molecule has 32 heavy (non-hydrogen) atoms. The van der Waals surface area contributed by atoms with Gasteiger partial charge in [-0.05, 0) is 63.3 Å². The van der Waals surface area contributed by atoms with Crippen LogP contribution in [-0.2, 0) is 9.53 Å². The molecule has 0 spiro atoms. The minimum absolute atomic E-state index is 0. The number of hydrogen-bond acceptors (Lipinski definition) is 4. The van der Waals surface area contributed by atoms with Crippen molar-refractivity contribution >= 4 is 41.5 Å². The molecule has 1 fully saturated rings. The molecule has 0 aromatic heterocycles. The first kappa shape index (κ1) is 28.5. The first-order valence-electron chi connectivity index (χ1n) is 11.6. The van der Waals surface area contributed by atoms with E-state index in [4.69, 9.17) is 14.5 Å². The smallest absolute Gasteiger partial charge is 0.222 e. The zero-order chi connectivity index (χ0) is 22.5. The molecule has 0 bridgehead atoms. The average Bonchev–Trinajstić information content (AvgIpc) is 3.13. The zero-order valence-electron chi connectivity index (χ0n) is 20.1. The predicted molar refractivity (Wildman–Crippen MR) is 142 cm³/mol. The Hall–Kier alpha value is -1.55. The van der Waals surface area contributed by atoms with Crippen LogP contribution in [0.3, 0.4) is 0 Å². The Morgan fingerprint density at radius 1 is 1.16 bits per heavy atom. The highest BCUT2D eigenvalue weighted by Crippen LogP contribution is 2.17. The van der Waals surface area contributed by atoms with Crippen molar-refractivity contribution in [2.45, 2.75) is 59.5 Å². The molecule has 1 aliphatic rings. The molecule has 182 valence electrons. The number of anilines is 1.